The first-order chi connectivity index (χ1) is 6.36. The fraction of sp³-hybridized carbons (Fsp3) is 0.750. The van der Waals surface area contributed by atoms with Gasteiger partial charge in [-0.25, -0.2) is 0 Å². The van der Waals surface area contributed by atoms with E-state index in [1.807, 2.05) is 0 Å². The van der Waals surface area contributed by atoms with Crippen LogP contribution in [0.5, 0.6) is 0 Å². The van der Waals surface area contributed by atoms with Gasteiger partial charge in [0.1, 0.15) is 0 Å². The van der Waals surface area contributed by atoms with Crippen molar-refractivity contribution in [2.24, 2.45) is 0 Å². The Hall–Kier alpha value is 0.860. The molecule has 0 saturated carbocycles. The van der Waals surface area contributed by atoms with Crippen molar-refractivity contribution in [3.63, 3.8) is 0 Å². The van der Waals surface area contributed by atoms with Gasteiger partial charge < -0.3 is 30.0 Å². The molecule has 16 heavy (non-hydrogen) atoms. The number of hydrogen-bond donors (Lipinski definition) is 2. The molecule has 6 nitrogen and oxygen atoms in total. The first-order valence-electron chi connectivity index (χ1n) is 4.14. The molecule has 1 unspecified atom stereocenters. The average molecular weight is 252 g/mol. The largest absolute Gasteiger partial charge is 1.00 e. The maximum absolute atomic E-state index is 9.57. The topological polar surface area (TPSA) is 121 Å². The Labute approximate surface area is 139 Å². The van der Waals surface area contributed by atoms with Gasteiger partial charge in [-0.05, 0) is 12.8 Å². The number of aliphatic carboxylic acids is 2. The maximum atomic E-state index is 9.57. The molecule has 0 aromatic rings. The molecule has 0 aliphatic carbocycles. The van der Waals surface area contributed by atoms with E-state index in [4.69, 9.17) is 10.2 Å². The van der Waals surface area contributed by atoms with Crippen molar-refractivity contribution >= 4 is 11.9 Å². The molecule has 0 aromatic heterocycles. The van der Waals surface area contributed by atoms with E-state index in [1.54, 1.807) is 13.8 Å². The SMILES string of the molecule is CCC(O)C(=O)[O-].CC[C@@H](O)C(=O)[O-].[Na+].[Na+]. The van der Waals surface area contributed by atoms with Crippen molar-refractivity contribution in [2.75, 3.05) is 0 Å². The Morgan fingerprint density at radius 2 is 1.12 bits per heavy atom. The van der Waals surface area contributed by atoms with E-state index in [0.29, 0.717) is 0 Å². The van der Waals surface area contributed by atoms with Gasteiger partial charge in [0.05, 0.1) is 24.1 Å². The van der Waals surface area contributed by atoms with Crippen molar-refractivity contribution in [3.05, 3.63) is 0 Å². The minimum atomic E-state index is -1.40. The van der Waals surface area contributed by atoms with Crippen LogP contribution < -0.4 is 69.3 Å². The molecule has 2 N–H and O–H groups in total. The fourth-order valence-corrected chi connectivity index (χ4v) is 0.333. The molecular weight excluding hydrogens is 238 g/mol. The summed E-state index contributed by atoms with van der Waals surface area (Å²) in [5, 5.41) is 35.7. The molecule has 0 spiro atoms. The van der Waals surface area contributed by atoms with Gasteiger partial charge in [0.2, 0.25) is 0 Å². The van der Waals surface area contributed by atoms with Gasteiger partial charge in [0.15, 0.2) is 0 Å². The summed E-state index contributed by atoms with van der Waals surface area (Å²) in [6.45, 7) is 3.14. The molecule has 0 aliphatic rings. The monoisotopic (exact) mass is 252 g/mol. The van der Waals surface area contributed by atoms with E-state index in [-0.39, 0.29) is 72.0 Å². The molecule has 0 aliphatic heterocycles. The molecule has 0 fully saturated rings. The van der Waals surface area contributed by atoms with Gasteiger partial charge in [-0.15, -0.1) is 0 Å². The summed E-state index contributed by atoms with van der Waals surface area (Å²) in [6, 6.07) is 0. The zero-order valence-electron chi connectivity index (χ0n) is 10.1. The van der Waals surface area contributed by atoms with Crippen LogP contribution in [0.3, 0.4) is 0 Å². The third-order valence-corrected chi connectivity index (χ3v) is 1.32. The minimum absolute atomic E-state index is 0. The molecule has 84 valence electrons. The van der Waals surface area contributed by atoms with E-state index in [0.717, 1.165) is 0 Å². The van der Waals surface area contributed by atoms with Crippen LogP contribution in [0.2, 0.25) is 0 Å². The third-order valence-electron chi connectivity index (χ3n) is 1.32. The number of hydrogen-bond acceptors (Lipinski definition) is 6. The van der Waals surface area contributed by atoms with Crippen molar-refractivity contribution in [3.8, 4) is 0 Å². The molecule has 0 bridgehead atoms. The number of rotatable bonds is 4. The van der Waals surface area contributed by atoms with Crippen LogP contribution in [0.4, 0.5) is 0 Å². The summed E-state index contributed by atoms with van der Waals surface area (Å²) in [5.74, 6) is -2.80. The molecule has 0 heterocycles. The summed E-state index contributed by atoms with van der Waals surface area (Å²) in [5.41, 5.74) is 0. The maximum Gasteiger partial charge on any atom is 1.00 e. The smallest absolute Gasteiger partial charge is 0.547 e. The third kappa shape index (κ3) is 17.3. The Morgan fingerprint density at radius 3 is 1.12 bits per heavy atom. The van der Waals surface area contributed by atoms with Crippen LogP contribution >= 0.6 is 0 Å². The predicted molar refractivity (Wildman–Crippen MR) is 42.6 cm³/mol. The Balaban J connectivity index is -0.0000000800. The number of carbonyl (C=O) groups is 2. The van der Waals surface area contributed by atoms with Crippen molar-refractivity contribution < 1.29 is 89.1 Å². The number of carboxylic acids is 2. The minimum Gasteiger partial charge on any atom is -0.547 e. The quantitative estimate of drug-likeness (QED) is 0.479. The molecule has 0 saturated heterocycles. The van der Waals surface area contributed by atoms with Crippen molar-refractivity contribution in [1.82, 2.24) is 0 Å². The van der Waals surface area contributed by atoms with Gasteiger partial charge >= 0.3 is 59.1 Å². The first kappa shape index (κ1) is 25.6. The normalized spacial score (nSPS) is 11.8. The number of carboxylic acid groups (broad SMARTS) is 2. The average Bonchev–Trinajstić information content (AvgIpc) is 2.15. The number of carbonyl (C=O) groups excluding carboxylic acids is 2. The molecule has 0 aromatic carbocycles. The number of aliphatic hydroxyl groups is 2. The molecule has 8 heteroatoms. The summed E-state index contributed by atoms with van der Waals surface area (Å²) in [4.78, 5) is 19.1. The molecule has 2 atom stereocenters. The van der Waals surface area contributed by atoms with E-state index >= 15 is 0 Å². The standard InChI is InChI=1S/2C4H8O3.2Na/c2*1-2-3(5)4(6)7;;/h2*3,5H,2H2,1H3,(H,6,7);;/q;;2*+1/p-2/t3-;;;/m1.../s1. The fourth-order valence-electron chi connectivity index (χ4n) is 0.333. The van der Waals surface area contributed by atoms with Gasteiger partial charge in [0, 0.05) is 0 Å². The van der Waals surface area contributed by atoms with E-state index < -0.39 is 24.1 Å². The van der Waals surface area contributed by atoms with Gasteiger partial charge in [0.25, 0.3) is 0 Å². The Morgan fingerprint density at radius 1 is 0.938 bits per heavy atom. The molecule has 0 rings (SSSR count). The van der Waals surface area contributed by atoms with E-state index in [2.05, 4.69) is 0 Å². The van der Waals surface area contributed by atoms with Crippen LogP contribution in [0.25, 0.3) is 0 Å². The van der Waals surface area contributed by atoms with Crippen molar-refractivity contribution in [1.29, 1.82) is 0 Å². The zero-order chi connectivity index (χ0) is 11.7. The second-order valence-electron chi connectivity index (χ2n) is 2.49. The van der Waals surface area contributed by atoms with Crippen LogP contribution in [0.15, 0.2) is 0 Å². The Bertz CT molecular complexity index is 167. The second-order valence-corrected chi connectivity index (χ2v) is 2.49. The molecule has 0 radical (unpaired) electrons. The van der Waals surface area contributed by atoms with Crippen molar-refractivity contribution in [2.45, 2.75) is 38.9 Å². The second kappa shape index (κ2) is 15.9. The van der Waals surface area contributed by atoms with E-state index in [9.17, 15) is 19.8 Å². The molecular formula is C8H14Na2O6. The van der Waals surface area contributed by atoms with Gasteiger partial charge in [-0.2, -0.15) is 0 Å². The molecule has 0 amide bonds. The summed E-state index contributed by atoms with van der Waals surface area (Å²) in [6.07, 6.45) is -2.16. The summed E-state index contributed by atoms with van der Waals surface area (Å²) < 4.78 is 0. The zero-order valence-corrected chi connectivity index (χ0v) is 14.1. The first-order valence-corrected chi connectivity index (χ1v) is 4.14. The Kier molecular flexibility index (Phi) is 25.4. The van der Waals surface area contributed by atoms with Crippen LogP contribution in [0, 0.1) is 0 Å². The van der Waals surface area contributed by atoms with Gasteiger partial charge in [-0.3, -0.25) is 0 Å². The van der Waals surface area contributed by atoms with E-state index in [1.165, 1.54) is 0 Å². The van der Waals surface area contributed by atoms with Crippen LogP contribution in [0.1, 0.15) is 26.7 Å². The predicted octanol–water partition coefficient (Wildman–Crippen LogP) is -8.98. The van der Waals surface area contributed by atoms with Crippen LogP contribution in [-0.4, -0.2) is 34.4 Å². The number of aliphatic hydroxyl groups excluding tert-OH is 2. The summed E-state index contributed by atoms with van der Waals surface area (Å²) >= 11 is 0. The van der Waals surface area contributed by atoms with Crippen LogP contribution in [-0.2, 0) is 9.59 Å². The van der Waals surface area contributed by atoms with Gasteiger partial charge in [-0.1, -0.05) is 13.8 Å². The summed E-state index contributed by atoms with van der Waals surface area (Å²) in [7, 11) is 0.